The maximum atomic E-state index is 10.8. The highest BCUT2D eigenvalue weighted by Crippen LogP contribution is 2.24. The number of thioether (sulfide) groups is 1. The van der Waals surface area contributed by atoms with Gasteiger partial charge in [0.05, 0.1) is 18.6 Å². The van der Waals surface area contributed by atoms with Crippen molar-refractivity contribution >= 4 is 16.9 Å². The van der Waals surface area contributed by atoms with Gasteiger partial charge in [-0.2, -0.15) is 5.26 Å². The van der Waals surface area contributed by atoms with Crippen LogP contribution in [0.4, 0.5) is 0 Å². The lowest BCUT2D eigenvalue weighted by atomic mass is 9.96. The van der Waals surface area contributed by atoms with Gasteiger partial charge >= 0.3 is 0 Å². The fraction of sp³-hybridized carbons (Fsp3) is 0.429. The lowest BCUT2D eigenvalue weighted by Gasteiger charge is -2.19. The smallest absolute Gasteiger partial charge is 0.185 e. The molecule has 0 spiro atoms. The Bertz CT molecular complexity index is 470. The van der Waals surface area contributed by atoms with Crippen LogP contribution in [0.2, 0.25) is 0 Å². The van der Waals surface area contributed by atoms with E-state index >= 15 is 0 Å². The third kappa shape index (κ3) is 5.03. The largest absolute Gasteiger partial charge is 0.390 e. The third-order valence-corrected chi connectivity index (χ3v) is 3.57. The minimum atomic E-state index is -1.03. The van der Waals surface area contributed by atoms with Crippen molar-refractivity contribution in [2.75, 3.05) is 5.75 Å². The minimum absolute atomic E-state index is 0.00781. The molecule has 0 aliphatic carbocycles. The SMILES string of the molecule is CC(=O)SCCC(O)C(O)c1ccccc1CC#N. The summed E-state index contributed by atoms with van der Waals surface area (Å²) < 4.78 is 0. The van der Waals surface area contributed by atoms with Gasteiger partial charge in [-0.15, -0.1) is 0 Å². The summed E-state index contributed by atoms with van der Waals surface area (Å²) in [6.45, 7) is 1.47. The zero-order valence-electron chi connectivity index (χ0n) is 10.7. The molecule has 2 unspecified atom stereocenters. The molecule has 0 saturated heterocycles. The monoisotopic (exact) mass is 279 g/mol. The van der Waals surface area contributed by atoms with Crippen LogP contribution in [0.5, 0.6) is 0 Å². The Hall–Kier alpha value is -1.35. The first-order chi connectivity index (χ1) is 9.06. The summed E-state index contributed by atoms with van der Waals surface area (Å²) in [6.07, 6.45) is -1.45. The van der Waals surface area contributed by atoms with E-state index in [-0.39, 0.29) is 11.5 Å². The lowest BCUT2D eigenvalue weighted by molar-refractivity contribution is -0.109. The summed E-state index contributed by atoms with van der Waals surface area (Å²) in [5.74, 6) is 0.466. The number of aliphatic hydroxyl groups excluding tert-OH is 2. The Labute approximate surface area is 117 Å². The first kappa shape index (κ1) is 15.7. The Morgan fingerprint density at radius 2 is 2.11 bits per heavy atom. The van der Waals surface area contributed by atoms with E-state index in [1.165, 1.54) is 6.92 Å². The van der Waals surface area contributed by atoms with Gasteiger partial charge in [-0.25, -0.2) is 0 Å². The number of nitriles is 1. The van der Waals surface area contributed by atoms with Crippen molar-refractivity contribution < 1.29 is 15.0 Å². The van der Waals surface area contributed by atoms with Gasteiger partial charge in [0.2, 0.25) is 0 Å². The van der Waals surface area contributed by atoms with E-state index in [4.69, 9.17) is 5.26 Å². The molecule has 0 amide bonds. The molecule has 2 N–H and O–H groups in total. The molecule has 0 bridgehead atoms. The molecule has 0 radical (unpaired) electrons. The van der Waals surface area contributed by atoms with Crippen LogP contribution in [0, 0.1) is 11.3 Å². The van der Waals surface area contributed by atoms with Crippen LogP contribution in [0.3, 0.4) is 0 Å². The Balaban J connectivity index is 2.68. The molecule has 0 heterocycles. The van der Waals surface area contributed by atoms with Crippen LogP contribution >= 0.6 is 11.8 Å². The Kier molecular flexibility index (Phi) is 6.57. The van der Waals surface area contributed by atoms with Gasteiger partial charge in [-0.05, 0) is 17.5 Å². The first-order valence-electron chi connectivity index (χ1n) is 6.00. The van der Waals surface area contributed by atoms with Gasteiger partial charge in [0, 0.05) is 12.7 Å². The second kappa shape index (κ2) is 7.95. The highest BCUT2D eigenvalue weighted by atomic mass is 32.2. The number of rotatable bonds is 6. The number of hydrogen-bond donors (Lipinski definition) is 2. The molecule has 0 fully saturated rings. The maximum absolute atomic E-state index is 10.8. The third-order valence-electron chi connectivity index (χ3n) is 2.73. The number of hydrogen-bond acceptors (Lipinski definition) is 5. The first-order valence-corrected chi connectivity index (χ1v) is 6.99. The van der Waals surface area contributed by atoms with Crippen molar-refractivity contribution in [2.45, 2.75) is 32.0 Å². The lowest BCUT2D eigenvalue weighted by Crippen LogP contribution is -2.20. The molecule has 102 valence electrons. The van der Waals surface area contributed by atoms with E-state index in [2.05, 4.69) is 0 Å². The average molecular weight is 279 g/mol. The van der Waals surface area contributed by atoms with Crippen molar-refractivity contribution in [1.82, 2.24) is 0 Å². The van der Waals surface area contributed by atoms with Gasteiger partial charge in [0.1, 0.15) is 6.10 Å². The highest BCUT2D eigenvalue weighted by Gasteiger charge is 2.20. The van der Waals surface area contributed by atoms with Crippen molar-refractivity contribution in [3.05, 3.63) is 35.4 Å². The molecule has 5 heteroatoms. The van der Waals surface area contributed by atoms with Gasteiger partial charge < -0.3 is 10.2 Å². The van der Waals surface area contributed by atoms with Gasteiger partial charge in [0.25, 0.3) is 0 Å². The summed E-state index contributed by atoms with van der Waals surface area (Å²) in [5.41, 5.74) is 1.29. The van der Waals surface area contributed by atoms with E-state index < -0.39 is 12.2 Å². The predicted octanol–water partition coefficient (Wildman–Crippen LogP) is 1.82. The fourth-order valence-corrected chi connectivity index (χ4v) is 2.40. The van der Waals surface area contributed by atoms with Crippen molar-refractivity contribution in [3.8, 4) is 6.07 Å². The molecule has 1 aromatic carbocycles. The summed E-state index contributed by atoms with van der Waals surface area (Å²) >= 11 is 1.12. The number of carbonyl (C=O) groups is 1. The van der Waals surface area contributed by atoms with Gasteiger partial charge in [0.15, 0.2) is 5.12 Å². The van der Waals surface area contributed by atoms with Gasteiger partial charge in [-0.3, -0.25) is 4.79 Å². The van der Waals surface area contributed by atoms with Crippen molar-refractivity contribution in [3.63, 3.8) is 0 Å². The summed E-state index contributed by atoms with van der Waals surface area (Å²) in [7, 11) is 0. The fourth-order valence-electron chi connectivity index (χ4n) is 1.76. The Morgan fingerprint density at radius 3 is 2.74 bits per heavy atom. The van der Waals surface area contributed by atoms with E-state index in [0.29, 0.717) is 17.7 Å². The minimum Gasteiger partial charge on any atom is -0.390 e. The topological polar surface area (TPSA) is 81.3 Å². The van der Waals surface area contributed by atoms with E-state index in [9.17, 15) is 15.0 Å². The van der Waals surface area contributed by atoms with Crippen LogP contribution in [0.15, 0.2) is 24.3 Å². The maximum Gasteiger partial charge on any atom is 0.185 e. The molecule has 0 aliphatic heterocycles. The number of benzene rings is 1. The molecule has 0 aromatic heterocycles. The number of aliphatic hydroxyl groups is 2. The summed E-state index contributed by atoms with van der Waals surface area (Å²) in [6, 6.07) is 9.06. The molecule has 19 heavy (non-hydrogen) atoms. The molecule has 1 rings (SSSR count). The highest BCUT2D eigenvalue weighted by molar-refractivity contribution is 8.13. The second-order valence-corrected chi connectivity index (χ2v) is 5.45. The van der Waals surface area contributed by atoms with E-state index in [1.807, 2.05) is 6.07 Å². The van der Waals surface area contributed by atoms with Gasteiger partial charge in [-0.1, -0.05) is 36.0 Å². The quantitative estimate of drug-likeness (QED) is 0.830. The van der Waals surface area contributed by atoms with E-state index in [0.717, 1.165) is 17.3 Å². The molecular weight excluding hydrogens is 262 g/mol. The van der Waals surface area contributed by atoms with Crippen LogP contribution in [0.25, 0.3) is 0 Å². The molecule has 0 aliphatic rings. The van der Waals surface area contributed by atoms with Crippen LogP contribution < -0.4 is 0 Å². The molecule has 2 atom stereocenters. The standard InChI is InChI=1S/C14H17NO3S/c1-10(16)19-9-7-13(17)14(18)12-5-3-2-4-11(12)6-8-15/h2-5,13-14,17-18H,6-7,9H2,1H3. The molecular formula is C14H17NO3S. The number of carbonyl (C=O) groups excluding carboxylic acids is 1. The predicted molar refractivity (Wildman–Crippen MR) is 74.5 cm³/mol. The normalized spacial score (nSPS) is 13.6. The molecule has 4 nitrogen and oxygen atoms in total. The van der Waals surface area contributed by atoms with Crippen LogP contribution in [-0.2, 0) is 11.2 Å². The second-order valence-electron chi connectivity index (χ2n) is 4.17. The van der Waals surface area contributed by atoms with Crippen LogP contribution in [-0.4, -0.2) is 27.2 Å². The molecule has 1 aromatic rings. The zero-order chi connectivity index (χ0) is 14.3. The van der Waals surface area contributed by atoms with Crippen LogP contribution in [0.1, 0.15) is 30.6 Å². The summed E-state index contributed by atoms with van der Waals surface area (Å²) in [4.78, 5) is 10.8. The van der Waals surface area contributed by atoms with Crippen molar-refractivity contribution in [2.24, 2.45) is 0 Å². The number of nitrogens with zero attached hydrogens (tertiary/aromatic N) is 1. The molecule has 0 saturated carbocycles. The zero-order valence-corrected chi connectivity index (χ0v) is 11.6. The summed E-state index contributed by atoms with van der Waals surface area (Å²) in [5, 5.41) is 28.8. The van der Waals surface area contributed by atoms with Crippen molar-refractivity contribution in [1.29, 1.82) is 5.26 Å². The Morgan fingerprint density at radius 1 is 1.42 bits per heavy atom. The van der Waals surface area contributed by atoms with E-state index in [1.54, 1.807) is 24.3 Å². The average Bonchev–Trinajstić information content (AvgIpc) is 2.38.